The Morgan fingerprint density at radius 3 is 2.23 bits per heavy atom. The first-order valence-electron chi connectivity index (χ1n) is 12.4. The van der Waals surface area contributed by atoms with Gasteiger partial charge in [0, 0.05) is 23.2 Å². The van der Waals surface area contributed by atoms with Gasteiger partial charge in [0.1, 0.15) is 4.75 Å². The zero-order valence-corrected chi connectivity index (χ0v) is 23.6. The van der Waals surface area contributed by atoms with Crippen molar-refractivity contribution in [2.45, 2.75) is 102 Å². The second-order valence-corrected chi connectivity index (χ2v) is 12.2. The Bertz CT molecular complexity index is 894. The first-order valence-corrected chi connectivity index (χ1v) is 13.2. The van der Waals surface area contributed by atoms with Crippen molar-refractivity contribution >= 4 is 29.1 Å². The van der Waals surface area contributed by atoms with E-state index in [1.54, 1.807) is 19.9 Å². The van der Waals surface area contributed by atoms with E-state index in [0.717, 1.165) is 40.4 Å². The van der Waals surface area contributed by atoms with Gasteiger partial charge < -0.3 is 20.4 Å². The van der Waals surface area contributed by atoms with Crippen molar-refractivity contribution in [3.8, 4) is 0 Å². The number of carbonyl (C=O) groups is 1. The maximum Gasteiger partial charge on any atom is 0.319 e. The third-order valence-electron chi connectivity index (χ3n) is 5.85. The summed E-state index contributed by atoms with van der Waals surface area (Å²) in [6.07, 6.45) is 9.69. The number of anilines is 2. The Morgan fingerprint density at radius 1 is 1.20 bits per heavy atom. The fourth-order valence-corrected chi connectivity index (χ4v) is 4.76. The standard InChI is InChI=1S/C24H38N2O3S.C5H8/c1-7-17(2)25-20-15-19(30-24(5,6)22(27)28)13-14-21(20)26(16-23(3,4)29)18-11-9-8-10-12-18;1-4-5(2)3/h7,13-15,18,25,29H,8-12,16H2,1-6H3,(H,27,28);4H,1-2H2,3H3/b17-7-;. The SMILES string of the molecule is C/C=C(/C)Nc1cc(SC(C)(C)C(=O)O)ccc1N(CC(C)(C)O)C1CCCCC1.C=CC(=C)C. The van der Waals surface area contributed by atoms with Gasteiger partial charge in [-0.3, -0.25) is 4.79 Å². The smallest absolute Gasteiger partial charge is 0.319 e. The molecule has 0 saturated heterocycles. The van der Waals surface area contributed by atoms with Crippen LogP contribution in [0.4, 0.5) is 11.4 Å². The van der Waals surface area contributed by atoms with Crippen LogP contribution in [0.3, 0.4) is 0 Å². The highest BCUT2D eigenvalue weighted by Gasteiger charge is 2.31. The minimum absolute atomic E-state index is 0.394. The predicted molar refractivity (Wildman–Crippen MR) is 153 cm³/mol. The summed E-state index contributed by atoms with van der Waals surface area (Å²) in [6.45, 7) is 20.6. The molecule has 0 heterocycles. The lowest BCUT2D eigenvalue weighted by Crippen LogP contribution is -2.45. The molecule has 5 nitrogen and oxygen atoms in total. The van der Waals surface area contributed by atoms with Gasteiger partial charge in [0.2, 0.25) is 0 Å². The highest BCUT2D eigenvalue weighted by molar-refractivity contribution is 8.01. The third kappa shape index (κ3) is 11.0. The number of nitrogens with one attached hydrogen (secondary N) is 1. The van der Waals surface area contributed by atoms with Gasteiger partial charge in [-0.15, -0.1) is 11.8 Å². The molecule has 0 amide bonds. The summed E-state index contributed by atoms with van der Waals surface area (Å²) in [5, 5.41) is 23.6. The third-order valence-corrected chi connectivity index (χ3v) is 7.03. The van der Waals surface area contributed by atoms with Gasteiger partial charge in [0.15, 0.2) is 0 Å². The molecule has 1 aliphatic rings. The number of aliphatic carboxylic acids is 1. The van der Waals surface area contributed by atoms with Gasteiger partial charge in [-0.1, -0.05) is 50.1 Å². The van der Waals surface area contributed by atoms with E-state index in [-0.39, 0.29) is 0 Å². The molecule has 1 aromatic carbocycles. The molecule has 0 radical (unpaired) electrons. The number of allylic oxidation sites excluding steroid dienone is 4. The summed E-state index contributed by atoms with van der Waals surface area (Å²) in [6, 6.07) is 6.51. The normalized spacial score (nSPS) is 15.0. The predicted octanol–water partition coefficient (Wildman–Crippen LogP) is 7.64. The van der Waals surface area contributed by atoms with Crippen molar-refractivity contribution in [1.29, 1.82) is 0 Å². The van der Waals surface area contributed by atoms with Crippen LogP contribution in [0.2, 0.25) is 0 Å². The molecule has 1 aromatic rings. The molecule has 1 aliphatic carbocycles. The van der Waals surface area contributed by atoms with Gasteiger partial charge in [0.25, 0.3) is 0 Å². The summed E-state index contributed by atoms with van der Waals surface area (Å²) in [5.74, 6) is -0.832. The largest absolute Gasteiger partial charge is 0.480 e. The number of hydrogen-bond acceptors (Lipinski definition) is 5. The number of nitrogens with zero attached hydrogens (tertiary/aromatic N) is 1. The summed E-state index contributed by atoms with van der Waals surface area (Å²) in [5.41, 5.74) is 3.24. The zero-order chi connectivity index (χ0) is 26.8. The highest BCUT2D eigenvalue weighted by Crippen LogP contribution is 2.40. The molecule has 0 spiro atoms. The van der Waals surface area contributed by atoms with Crippen molar-refractivity contribution in [1.82, 2.24) is 0 Å². The molecule has 0 unspecified atom stereocenters. The van der Waals surface area contributed by atoms with Crippen LogP contribution in [0.15, 0.2) is 59.7 Å². The van der Waals surface area contributed by atoms with E-state index >= 15 is 0 Å². The average molecular weight is 503 g/mol. The zero-order valence-electron chi connectivity index (χ0n) is 22.8. The molecule has 3 N–H and O–H groups in total. The van der Waals surface area contributed by atoms with Gasteiger partial charge in [0.05, 0.1) is 17.0 Å². The molecule has 6 heteroatoms. The Balaban J connectivity index is 0.00000111. The maximum atomic E-state index is 11.6. The summed E-state index contributed by atoms with van der Waals surface area (Å²) in [7, 11) is 0. The first kappa shape index (κ1) is 30.9. The fraction of sp³-hybridized carbons (Fsp3) is 0.552. The fourth-order valence-electron chi connectivity index (χ4n) is 3.77. The molecule has 0 aromatic heterocycles. The maximum absolute atomic E-state index is 11.6. The van der Waals surface area contributed by atoms with Crippen LogP contribution in [-0.2, 0) is 4.79 Å². The second-order valence-electron chi connectivity index (χ2n) is 10.5. The van der Waals surface area contributed by atoms with Crippen LogP contribution in [0.25, 0.3) is 0 Å². The number of carboxylic acid groups (broad SMARTS) is 1. The number of carboxylic acids is 1. The molecule has 1 fully saturated rings. The number of benzene rings is 1. The monoisotopic (exact) mass is 502 g/mol. The van der Waals surface area contributed by atoms with Gasteiger partial charge >= 0.3 is 5.97 Å². The molecule has 0 aliphatic heterocycles. The molecular weight excluding hydrogens is 456 g/mol. The summed E-state index contributed by atoms with van der Waals surface area (Å²) >= 11 is 1.35. The van der Waals surface area contributed by atoms with E-state index in [1.165, 1.54) is 31.0 Å². The molecule has 0 bridgehead atoms. The van der Waals surface area contributed by atoms with E-state index in [2.05, 4.69) is 29.4 Å². The first-order chi connectivity index (χ1) is 16.2. The minimum Gasteiger partial charge on any atom is -0.480 e. The molecule has 2 rings (SSSR count). The van der Waals surface area contributed by atoms with Gasteiger partial charge in [-0.05, 0) is 79.5 Å². The number of rotatable bonds is 10. The lowest BCUT2D eigenvalue weighted by molar-refractivity contribution is -0.138. The lowest BCUT2D eigenvalue weighted by atomic mass is 9.92. The van der Waals surface area contributed by atoms with Gasteiger partial charge in [-0.25, -0.2) is 0 Å². The summed E-state index contributed by atoms with van der Waals surface area (Å²) in [4.78, 5) is 14.8. The average Bonchev–Trinajstić information content (AvgIpc) is 2.78. The number of hydrogen-bond donors (Lipinski definition) is 3. The van der Waals surface area contributed by atoms with Crippen LogP contribution >= 0.6 is 11.8 Å². The summed E-state index contributed by atoms with van der Waals surface area (Å²) < 4.78 is -0.912. The van der Waals surface area contributed by atoms with E-state index in [4.69, 9.17) is 0 Å². The highest BCUT2D eigenvalue weighted by atomic mass is 32.2. The minimum atomic E-state index is -0.912. The Kier molecular flexibility index (Phi) is 12.2. The van der Waals surface area contributed by atoms with Crippen molar-refractivity contribution in [3.05, 3.63) is 54.8 Å². The molecular formula is C29H46N2O3S. The van der Waals surface area contributed by atoms with E-state index in [1.807, 2.05) is 52.8 Å². The molecule has 196 valence electrons. The van der Waals surface area contributed by atoms with Crippen molar-refractivity contribution < 1.29 is 15.0 Å². The topological polar surface area (TPSA) is 72.8 Å². The lowest BCUT2D eigenvalue weighted by Gasteiger charge is -2.40. The van der Waals surface area contributed by atoms with Gasteiger partial charge in [-0.2, -0.15) is 0 Å². The molecule has 35 heavy (non-hydrogen) atoms. The van der Waals surface area contributed by atoms with Crippen LogP contribution in [0.1, 0.15) is 80.6 Å². The quantitative estimate of drug-likeness (QED) is 0.226. The van der Waals surface area contributed by atoms with Crippen molar-refractivity contribution in [3.63, 3.8) is 0 Å². The number of thioether (sulfide) groups is 1. The number of aliphatic hydroxyl groups is 1. The van der Waals surface area contributed by atoms with E-state index in [9.17, 15) is 15.0 Å². The van der Waals surface area contributed by atoms with Crippen LogP contribution < -0.4 is 10.2 Å². The van der Waals surface area contributed by atoms with Crippen LogP contribution in [0, 0.1) is 0 Å². The second kappa shape index (κ2) is 13.8. The Labute approximate surface area is 217 Å². The Morgan fingerprint density at radius 2 is 1.77 bits per heavy atom. The Hall–Kier alpha value is -2.18. The van der Waals surface area contributed by atoms with Crippen LogP contribution in [-0.4, -0.2) is 39.1 Å². The molecule has 1 saturated carbocycles. The van der Waals surface area contributed by atoms with Crippen LogP contribution in [0.5, 0.6) is 0 Å². The van der Waals surface area contributed by atoms with E-state index in [0.29, 0.717) is 12.6 Å². The molecule has 0 atom stereocenters. The van der Waals surface area contributed by atoms with Crippen molar-refractivity contribution in [2.75, 3.05) is 16.8 Å². The van der Waals surface area contributed by atoms with Crippen molar-refractivity contribution in [2.24, 2.45) is 0 Å². The van der Waals surface area contributed by atoms with E-state index < -0.39 is 16.3 Å².